The van der Waals surface area contributed by atoms with Crippen molar-refractivity contribution in [3.8, 4) is 0 Å². The Labute approximate surface area is 113 Å². The minimum atomic E-state index is 0.811. The average Bonchev–Trinajstić information content (AvgIpc) is 3.12. The third-order valence-corrected chi connectivity index (χ3v) is 3.90. The molecule has 0 saturated heterocycles. The summed E-state index contributed by atoms with van der Waals surface area (Å²) in [5, 5.41) is 5.71. The van der Waals surface area contributed by atoms with Gasteiger partial charge in [-0.15, -0.1) is 0 Å². The molecule has 0 spiro atoms. The minimum absolute atomic E-state index is 0.811. The number of rotatable bonds is 5. The molecule has 1 fully saturated rings. The third kappa shape index (κ3) is 2.55. The highest BCUT2D eigenvalue weighted by atomic mass is 35.5. The first-order chi connectivity index (χ1) is 8.74. The number of benzene rings is 1. The summed E-state index contributed by atoms with van der Waals surface area (Å²) in [5.41, 5.74) is 2.66. The van der Waals surface area contributed by atoms with Gasteiger partial charge in [-0.3, -0.25) is 0 Å². The lowest BCUT2D eigenvalue weighted by Gasteiger charge is -2.02. The van der Waals surface area contributed by atoms with Crippen LogP contribution in [0.2, 0.25) is 5.02 Å². The van der Waals surface area contributed by atoms with Crippen molar-refractivity contribution in [3.05, 3.63) is 35.0 Å². The molecule has 0 atom stereocenters. The molecule has 0 radical (unpaired) electrons. The highest BCUT2D eigenvalue weighted by Gasteiger charge is 2.19. The van der Waals surface area contributed by atoms with Crippen molar-refractivity contribution >= 4 is 22.5 Å². The van der Waals surface area contributed by atoms with E-state index in [0.717, 1.165) is 24.0 Å². The van der Waals surface area contributed by atoms with E-state index in [0.29, 0.717) is 0 Å². The molecular weight excluding hydrogens is 244 g/mol. The van der Waals surface area contributed by atoms with E-state index in [2.05, 4.69) is 29.2 Å². The van der Waals surface area contributed by atoms with Gasteiger partial charge in [0.05, 0.1) is 0 Å². The van der Waals surface area contributed by atoms with Crippen molar-refractivity contribution in [2.45, 2.75) is 31.7 Å². The molecule has 1 saturated carbocycles. The second kappa shape index (κ2) is 4.94. The largest absolute Gasteiger partial charge is 0.350 e. The van der Waals surface area contributed by atoms with Crippen molar-refractivity contribution in [2.24, 2.45) is 7.05 Å². The molecule has 1 heterocycles. The van der Waals surface area contributed by atoms with Crippen LogP contribution in [0.3, 0.4) is 0 Å². The molecule has 1 aromatic heterocycles. The van der Waals surface area contributed by atoms with E-state index in [9.17, 15) is 0 Å². The van der Waals surface area contributed by atoms with Gasteiger partial charge in [-0.05, 0) is 49.9 Å². The van der Waals surface area contributed by atoms with E-state index in [1.54, 1.807) is 0 Å². The Kier molecular flexibility index (Phi) is 3.31. The van der Waals surface area contributed by atoms with Crippen LogP contribution in [0, 0.1) is 0 Å². The molecule has 18 heavy (non-hydrogen) atoms. The molecule has 0 unspecified atom stereocenters. The number of aromatic nitrogens is 1. The van der Waals surface area contributed by atoms with Gasteiger partial charge in [-0.2, -0.15) is 0 Å². The summed E-state index contributed by atoms with van der Waals surface area (Å²) >= 11 is 6.05. The van der Waals surface area contributed by atoms with Crippen LogP contribution in [0.15, 0.2) is 24.4 Å². The van der Waals surface area contributed by atoms with Crippen molar-refractivity contribution in [1.82, 2.24) is 9.88 Å². The lowest BCUT2D eigenvalue weighted by molar-refractivity contribution is 0.646. The molecule has 1 aliphatic carbocycles. The maximum absolute atomic E-state index is 6.05. The molecule has 2 nitrogen and oxygen atoms in total. The molecular formula is C15H19ClN2. The fraction of sp³-hybridized carbons (Fsp3) is 0.467. The summed E-state index contributed by atoms with van der Waals surface area (Å²) in [7, 11) is 2.09. The smallest absolute Gasteiger partial charge is 0.0495 e. The van der Waals surface area contributed by atoms with E-state index in [4.69, 9.17) is 11.6 Å². The normalized spacial score (nSPS) is 15.4. The van der Waals surface area contributed by atoms with E-state index in [-0.39, 0.29) is 0 Å². The van der Waals surface area contributed by atoms with Gasteiger partial charge < -0.3 is 9.88 Å². The molecule has 2 aromatic rings. The zero-order valence-electron chi connectivity index (χ0n) is 10.7. The first-order valence-corrected chi connectivity index (χ1v) is 7.08. The van der Waals surface area contributed by atoms with Crippen LogP contribution in [0.25, 0.3) is 10.9 Å². The topological polar surface area (TPSA) is 17.0 Å². The quantitative estimate of drug-likeness (QED) is 0.816. The monoisotopic (exact) mass is 262 g/mol. The fourth-order valence-corrected chi connectivity index (χ4v) is 2.68. The van der Waals surface area contributed by atoms with Crippen molar-refractivity contribution < 1.29 is 0 Å². The lowest BCUT2D eigenvalue weighted by Crippen LogP contribution is -2.17. The van der Waals surface area contributed by atoms with Gasteiger partial charge in [-0.1, -0.05) is 17.7 Å². The molecule has 1 aromatic carbocycles. The van der Waals surface area contributed by atoms with Crippen molar-refractivity contribution in [3.63, 3.8) is 0 Å². The first kappa shape index (κ1) is 12.1. The van der Waals surface area contributed by atoms with E-state index < -0.39 is 0 Å². The highest BCUT2D eigenvalue weighted by Crippen LogP contribution is 2.25. The molecule has 0 amide bonds. The second-order valence-corrected chi connectivity index (χ2v) is 5.70. The Morgan fingerprint density at radius 3 is 3.00 bits per heavy atom. The number of nitrogens with zero attached hydrogens (tertiary/aromatic N) is 1. The van der Waals surface area contributed by atoms with Crippen LogP contribution in [0.1, 0.15) is 24.8 Å². The maximum Gasteiger partial charge on any atom is 0.0495 e. The summed E-state index contributed by atoms with van der Waals surface area (Å²) in [4.78, 5) is 0. The number of hydrogen-bond acceptors (Lipinski definition) is 1. The zero-order chi connectivity index (χ0) is 12.5. The summed E-state index contributed by atoms with van der Waals surface area (Å²) in [6, 6.07) is 6.98. The van der Waals surface area contributed by atoms with Crippen LogP contribution < -0.4 is 5.32 Å². The van der Waals surface area contributed by atoms with Crippen LogP contribution in [-0.2, 0) is 13.5 Å². The summed E-state index contributed by atoms with van der Waals surface area (Å²) < 4.78 is 2.17. The highest BCUT2D eigenvalue weighted by molar-refractivity contribution is 6.31. The summed E-state index contributed by atoms with van der Waals surface area (Å²) in [5.74, 6) is 0. The summed E-state index contributed by atoms with van der Waals surface area (Å²) in [6.07, 6.45) is 7.31. The van der Waals surface area contributed by atoms with Gasteiger partial charge in [0.15, 0.2) is 0 Å². The lowest BCUT2D eigenvalue weighted by atomic mass is 10.1. The summed E-state index contributed by atoms with van der Waals surface area (Å²) in [6.45, 7) is 1.13. The van der Waals surface area contributed by atoms with Gasteiger partial charge in [0.1, 0.15) is 0 Å². The van der Waals surface area contributed by atoms with Gasteiger partial charge in [0, 0.05) is 35.2 Å². The van der Waals surface area contributed by atoms with Gasteiger partial charge in [0.2, 0.25) is 0 Å². The Bertz CT molecular complexity index is 555. The second-order valence-electron chi connectivity index (χ2n) is 5.26. The van der Waals surface area contributed by atoms with Gasteiger partial charge >= 0.3 is 0 Å². The SMILES string of the molecule is Cn1cc(CCCNC2CC2)c2ccc(Cl)cc21. The fourth-order valence-electron chi connectivity index (χ4n) is 2.51. The Morgan fingerprint density at radius 2 is 2.22 bits per heavy atom. The van der Waals surface area contributed by atoms with Crippen molar-refractivity contribution in [1.29, 1.82) is 0 Å². The van der Waals surface area contributed by atoms with Crippen molar-refractivity contribution in [2.75, 3.05) is 6.54 Å². The number of hydrogen-bond donors (Lipinski definition) is 1. The van der Waals surface area contributed by atoms with Crippen LogP contribution >= 0.6 is 11.6 Å². The standard InChI is InChI=1S/C15H19ClN2/c1-18-10-11(3-2-8-17-13-5-6-13)14-7-4-12(16)9-15(14)18/h4,7,9-10,13,17H,2-3,5-6,8H2,1H3. The van der Waals surface area contributed by atoms with Gasteiger partial charge in [-0.25, -0.2) is 0 Å². The Hall–Kier alpha value is -0.990. The van der Waals surface area contributed by atoms with E-state index in [1.165, 1.54) is 35.7 Å². The first-order valence-electron chi connectivity index (χ1n) is 6.71. The molecule has 0 bridgehead atoms. The Morgan fingerprint density at radius 1 is 1.39 bits per heavy atom. The number of nitrogens with one attached hydrogen (secondary N) is 1. The van der Waals surface area contributed by atoms with E-state index >= 15 is 0 Å². The molecule has 1 aliphatic rings. The molecule has 0 aliphatic heterocycles. The van der Waals surface area contributed by atoms with Crippen LogP contribution in [0.5, 0.6) is 0 Å². The maximum atomic E-state index is 6.05. The predicted molar refractivity (Wildman–Crippen MR) is 77.3 cm³/mol. The number of fused-ring (bicyclic) bond motifs is 1. The molecule has 1 N–H and O–H groups in total. The molecule has 96 valence electrons. The van der Waals surface area contributed by atoms with Gasteiger partial charge in [0.25, 0.3) is 0 Å². The molecule has 3 heteroatoms. The predicted octanol–water partition coefficient (Wildman–Crippen LogP) is 3.52. The number of aryl methyl sites for hydroxylation is 2. The van der Waals surface area contributed by atoms with Crippen LogP contribution in [0.4, 0.5) is 0 Å². The minimum Gasteiger partial charge on any atom is -0.350 e. The molecule has 3 rings (SSSR count). The number of halogens is 1. The zero-order valence-corrected chi connectivity index (χ0v) is 11.5. The third-order valence-electron chi connectivity index (χ3n) is 3.67. The average molecular weight is 263 g/mol. The Balaban J connectivity index is 1.70. The van der Waals surface area contributed by atoms with E-state index in [1.807, 2.05) is 12.1 Å². The van der Waals surface area contributed by atoms with Crippen LogP contribution in [-0.4, -0.2) is 17.2 Å².